The summed E-state index contributed by atoms with van der Waals surface area (Å²) >= 11 is 0. The molecule has 10 rings (SSSR count). The van der Waals surface area contributed by atoms with Crippen molar-refractivity contribution in [2.24, 2.45) is 11.8 Å². The van der Waals surface area contributed by atoms with Crippen LogP contribution < -0.4 is 23.8 Å². The van der Waals surface area contributed by atoms with Crippen molar-refractivity contribution in [3.63, 3.8) is 0 Å². The largest absolute Gasteiger partial charge is 0.497 e. The number of aryl methyl sites for hydroxylation is 1. The van der Waals surface area contributed by atoms with Gasteiger partial charge in [0.25, 0.3) is 0 Å². The van der Waals surface area contributed by atoms with Gasteiger partial charge in [0.1, 0.15) is 28.7 Å². The van der Waals surface area contributed by atoms with Crippen molar-refractivity contribution < 1.29 is 18.9 Å². The van der Waals surface area contributed by atoms with Crippen LogP contribution >= 0.6 is 0 Å². The van der Waals surface area contributed by atoms with E-state index in [-0.39, 0.29) is 10.8 Å². The predicted molar refractivity (Wildman–Crippen MR) is 279 cm³/mol. The maximum absolute atomic E-state index is 7.86. The van der Waals surface area contributed by atoms with E-state index in [2.05, 4.69) is 175 Å². The summed E-state index contributed by atoms with van der Waals surface area (Å²) in [5, 5.41) is 4.59. The lowest BCUT2D eigenvalue weighted by molar-refractivity contribution is 0.164. The second-order valence-corrected chi connectivity index (χ2v) is 21.4. The maximum Gasteiger partial charge on any atom is 0.178 e. The Morgan fingerprint density at radius 3 is 1.85 bits per heavy atom. The molecule has 0 radical (unpaired) electrons. The van der Waals surface area contributed by atoms with Crippen LogP contribution in [-0.4, -0.2) is 31.9 Å². The second kappa shape index (κ2) is 16.6. The van der Waals surface area contributed by atoms with Gasteiger partial charge in [0.15, 0.2) is 5.60 Å². The zero-order valence-electron chi connectivity index (χ0n) is 41.1. The van der Waals surface area contributed by atoms with Gasteiger partial charge in [0.2, 0.25) is 0 Å². The molecule has 6 nitrogen and oxygen atoms in total. The van der Waals surface area contributed by atoms with Crippen LogP contribution in [0.2, 0.25) is 0 Å². The molecule has 1 fully saturated rings. The van der Waals surface area contributed by atoms with Crippen LogP contribution in [0.3, 0.4) is 0 Å². The molecule has 0 aliphatic carbocycles. The first-order valence-corrected chi connectivity index (χ1v) is 23.9. The lowest BCUT2D eigenvalue weighted by Crippen LogP contribution is -2.38. The molecule has 0 saturated carbocycles. The van der Waals surface area contributed by atoms with Crippen molar-refractivity contribution in [2.75, 3.05) is 32.2 Å². The van der Waals surface area contributed by atoms with Crippen molar-refractivity contribution in [3.05, 3.63) is 167 Å². The molecule has 7 aromatic carbocycles. The van der Waals surface area contributed by atoms with Gasteiger partial charge in [-0.25, -0.2) is 0 Å². The number of anilines is 1. The molecule has 0 spiro atoms. The van der Waals surface area contributed by atoms with E-state index in [9.17, 15) is 0 Å². The average molecular weight is 889 g/mol. The van der Waals surface area contributed by atoms with Crippen LogP contribution in [0, 0.1) is 18.8 Å². The van der Waals surface area contributed by atoms with E-state index >= 15 is 0 Å². The summed E-state index contributed by atoms with van der Waals surface area (Å²) in [5.41, 5.74) is 10.3. The van der Waals surface area contributed by atoms with Gasteiger partial charge in [-0.05, 0) is 137 Å². The topological polar surface area (TPSA) is 45.1 Å². The van der Waals surface area contributed by atoms with Crippen molar-refractivity contribution in [2.45, 2.75) is 85.2 Å². The quantitative estimate of drug-likeness (QED) is 0.152. The van der Waals surface area contributed by atoms with Gasteiger partial charge in [0, 0.05) is 51.6 Å². The molecule has 0 bridgehead atoms. The third-order valence-corrected chi connectivity index (χ3v) is 14.1. The first-order valence-electron chi connectivity index (χ1n) is 23.9. The Balaban J connectivity index is 1.28. The number of fused-ring (bicyclic) bond motifs is 8. The van der Waals surface area contributed by atoms with E-state index < -0.39 is 5.60 Å². The van der Waals surface area contributed by atoms with Crippen LogP contribution in [-0.2, 0) is 16.4 Å². The summed E-state index contributed by atoms with van der Waals surface area (Å²) in [6.07, 6.45) is 5.80. The Kier molecular flexibility index (Phi) is 10.9. The molecule has 3 atom stereocenters. The zero-order chi connectivity index (χ0) is 47.0. The molecular formula is C61H64N2O4. The van der Waals surface area contributed by atoms with Crippen molar-refractivity contribution in [1.82, 2.24) is 4.57 Å². The normalized spacial score (nSPS) is 18.6. The smallest absolute Gasteiger partial charge is 0.178 e. The van der Waals surface area contributed by atoms with Crippen LogP contribution in [0.4, 0.5) is 5.69 Å². The highest BCUT2D eigenvalue weighted by molar-refractivity contribution is 6.26. The molecule has 342 valence electrons. The van der Waals surface area contributed by atoms with Crippen molar-refractivity contribution in [1.29, 1.82) is 0 Å². The lowest BCUT2D eigenvalue weighted by atomic mass is 9.80. The fourth-order valence-corrected chi connectivity index (χ4v) is 10.7. The first-order chi connectivity index (χ1) is 32.0. The van der Waals surface area contributed by atoms with Crippen LogP contribution in [0.25, 0.3) is 44.3 Å². The third-order valence-electron chi connectivity index (χ3n) is 14.1. The number of hydrogen-bond donors (Lipinski definition) is 0. The van der Waals surface area contributed by atoms with Crippen LogP contribution in [0.15, 0.2) is 133 Å². The number of hydrogen-bond acceptors (Lipinski definition) is 5. The molecule has 6 heteroatoms. The van der Waals surface area contributed by atoms with Gasteiger partial charge in [-0.3, -0.25) is 0 Å². The van der Waals surface area contributed by atoms with Gasteiger partial charge in [-0.15, -0.1) is 0 Å². The number of rotatable bonds is 8. The van der Waals surface area contributed by atoms with E-state index in [1.54, 1.807) is 14.2 Å². The molecule has 3 heterocycles. The summed E-state index contributed by atoms with van der Waals surface area (Å²) in [4.78, 5) is 2.55. The van der Waals surface area contributed by atoms with E-state index in [1.165, 1.54) is 39.4 Å². The Bertz CT molecular complexity index is 3140. The number of methoxy groups -OCH3 is 2. The monoisotopic (exact) mass is 888 g/mol. The van der Waals surface area contributed by atoms with Crippen molar-refractivity contribution >= 4 is 44.3 Å². The van der Waals surface area contributed by atoms with Crippen molar-refractivity contribution in [3.8, 4) is 34.4 Å². The molecule has 1 aromatic heterocycles. The zero-order valence-corrected chi connectivity index (χ0v) is 41.1. The van der Waals surface area contributed by atoms with Gasteiger partial charge < -0.3 is 28.4 Å². The second-order valence-electron chi connectivity index (χ2n) is 21.4. The van der Waals surface area contributed by atoms with Gasteiger partial charge in [-0.1, -0.05) is 116 Å². The Morgan fingerprint density at radius 1 is 0.627 bits per heavy atom. The van der Waals surface area contributed by atoms with Gasteiger partial charge in [-0.2, -0.15) is 0 Å². The molecule has 2 aliphatic heterocycles. The summed E-state index contributed by atoms with van der Waals surface area (Å²) in [6.45, 7) is 22.8. The molecule has 67 heavy (non-hydrogen) atoms. The first kappa shape index (κ1) is 44.2. The highest BCUT2D eigenvalue weighted by Gasteiger charge is 2.40. The molecular weight excluding hydrogens is 825 g/mol. The minimum Gasteiger partial charge on any atom is -0.497 e. The molecule has 0 amide bonds. The Morgan fingerprint density at radius 2 is 1.24 bits per heavy atom. The summed E-state index contributed by atoms with van der Waals surface area (Å²) < 4.78 is 28.5. The molecule has 8 aromatic rings. The fourth-order valence-electron chi connectivity index (χ4n) is 10.7. The van der Waals surface area contributed by atoms with E-state index in [0.29, 0.717) is 11.8 Å². The summed E-state index contributed by atoms with van der Waals surface area (Å²) in [7, 11) is 3.47. The standard InChI is InChI=1S/C61H64N2O4/c1-38-17-26-49-53(30-38)63(45-32-43(59(4,5)6)31-44(33-45)60(7,8)9)57-50-27-28-61(41-15-13-12-14-16-41,42-18-20-47(21-19-42)66-48-24-22-46(64-10)23-25-48)67-58(50)52-35-55(65-11)54(34-51(52)56(49)57)62-36-39(2)29-40(3)37-62/h12-28,30-35,39-40H,29,36-37H2,1-11H3. The van der Waals surface area contributed by atoms with Gasteiger partial charge >= 0.3 is 0 Å². The summed E-state index contributed by atoms with van der Waals surface area (Å²) in [5.74, 6) is 5.06. The third kappa shape index (κ3) is 7.88. The van der Waals surface area contributed by atoms with Crippen LogP contribution in [0.1, 0.15) is 95.2 Å². The highest BCUT2D eigenvalue weighted by Crippen LogP contribution is 2.53. The molecule has 0 N–H and O–H groups in total. The molecule has 3 unspecified atom stereocenters. The lowest BCUT2D eigenvalue weighted by Gasteiger charge is -2.38. The molecule has 1 saturated heterocycles. The predicted octanol–water partition coefficient (Wildman–Crippen LogP) is 15.5. The van der Waals surface area contributed by atoms with E-state index in [0.717, 1.165) is 86.2 Å². The SMILES string of the molecule is COc1ccc(Oc2ccc(C3(c4ccccc4)C=Cc4c(c5cc(OC)c(N6CC(C)CC(C)C6)cc5c5c6ccc(C)cc6n(-c6cc(C(C)(C)C)cc(C(C)(C)C)c6)c45)O3)cc2)cc1. The summed E-state index contributed by atoms with van der Waals surface area (Å²) in [6, 6.07) is 45.4. The minimum absolute atomic E-state index is 0.0709. The Hall–Kier alpha value is -6.66. The average Bonchev–Trinajstić information content (AvgIpc) is 3.65. The van der Waals surface area contributed by atoms with E-state index in [1.807, 2.05) is 36.4 Å². The van der Waals surface area contributed by atoms with E-state index in [4.69, 9.17) is 18.9 Å². The fraction of sp³-hybridized carbons (Fsp3) is 0.311. The number of benzene rings is 7. The Labute approximate surface area is 396 Å². The maximum atomic E-state index is 7.86. The number of ether oxygens (including phenoxy) is 4. The number of aromatic nitrogens is 1. The minimum atomic E-state index is -0.976. The van der Waals surface area contributed by atoms with Crippen LogP contribution in [0.5, 0.6) is 28.7 Å². The number of piperidine rings is 1. The highest BCUT2D eigenvalue weighted by atomic mass is 16.5. The van der Waals surface area contributed by atoms with Gasteiger partial charge in [0.05, 0.1) is 30.9 Å². The number of nitrogens with zero attached hydrogens (tertiary/aromatic N) is 2. The molecule has 2 aliphatic rings.